The van der Waals surface area contributed by atoms with Gasteiger partial charge in [0.15, 0.2) is 0 Å². The van der Waals surface area contributed by atoms with Crippen LogP contribution < -0.4 is 10.0 Å². The average molecular weight is 298 g/mol. The Morgan fingerprint density at radius 3 is 2.67 bits per heavy atom. The van der Waals surface area contributed by atoms with E-state index in [0.29, 0.717) is 23.5 Å². The molecule has 0 aliphatic heterocycles. The van der Waals surface area contributed by atoms with Crippen LogP contribution >= 0.6 is 11.3 Å². The van der Waals surface area contributed by atoms with Crippen molar-refractivity contribution in [3.63, 3.8) is 0 Å². The Labute approximate surface area is 109 Å². The van der Waals surface area contributed by atoms with Crippen molar-refractivity contribution in [2.24, 2.45) is 0 Å². The molecule has 0 amide bonds. The van der Waals surface area contributed by atoms with Crippen LogP contribution in [0.3, 0.4) is 0 Å². The molecule has 1 rings (SSSR count). The van der Waals surface area contributed by atoms with E-state index in [-0.39, 0.29) is 4.90 Å². The first-order valence-corrected chi connectivity index (χ1v) is 7.80. The smallest absolute Gasteiger partial charge is 0.251 e. The minimum atomic E-state index is -3.86. The zero-order valence-electron chi connectivity index (χ0n) is 10.2. The Hall–Kier alpha value is -0.570. The van der Waals surface area contributed by atoms with E-state index in [2.05, 4.69) is 5.32 Å². The molecule has 0 saturated carbocycles. The Bertz CT molecular complexity index is 486. The zero-order chi connectivity index (χ0) is 13.8. The minimum Gasteiger partial charge on any atom is -0.312 e. The molecule has 0 aliphatic rings. The summed E-state index contributed by atoms with van der Waals surface area (Å²) in [6.45, 7) is 3.83. The number of hydrogen-bond donors (Lipinski definition) is 2. The van der Waals surface area contributed by atoms with Crippen molar-refractivity contribution in [2.75, 3.05) is 13.1 Å². The highest BCUT2D eigenvalue weighted by molar-refractivity contribution is 7.89. The van der Waals surface area contributed by atoms with Gasteiger partial charge in [-0.05, 0) is 24.4 Å². The number of hydrogen-bond acceptors (Lipinski definition) is 4. The summed E-state index contributed by atoms with van der Waals surface area (Å²) in [4.78, 5) is 0.755. The van der Waals surface area contributed by atoms with Crippen LogP contribution in [0.2, 0.25) is 0 Å². The lowest BCUT2D eigenvalue weighted by Crippen LogP contribution is -2.29. The fourth-order valence-electron chi connectivity index (χ4n) is 1.45. The van der Waals surface area contributed by atoms with Gasteiger partial charge in [-0.2, -0.15) is 0 Å². The zero-order valence-corrected chi connectivity index (χ0v) is 11.8. The number of aryl methyl sites for hydroxylation is 1. The standard InChI is InChI=1S/C10H16F2N2O2S2/c1-3-13-4-8-10(7(2)6-17-8)18(15,16)14-5-9(11)12/h6,9,13-14H,3-5H2,1-2H3. The monoisotopic (exact) mass is 298 g/mol. The number of alkyl halides is 2. The molecule has 104 valence electrons. The van der Waals surface area contributed by atoms with E-state index in [4.69, 9.17) is 0 Å². The highest BCUT2D eigenvalue weighted by Gasteiger charge is 2.23. The fraction of sp³-hybridized carbons (Fsp3) is 0.600. The third kappa shape index (κ3) is 3.98. The van der Waals surface area contributed by atoms with Crippen molar-refractivity contribution in [3.05, 3.63) is 15.8 Å². The predicted octanol–water partition coefficient (Wildman–Crippen LogP) is 1.71. The quantitative estimate of drug-likeness (QED) is 0.805. The van der Waals surface area contributed by atoms with Gasteiger partial charge in [-0.15, -0.1) is 11.3 Å². The second-order valence-electron chi connectivity index (χ2n) is 3.69. The maximum atomic E-state index is 12.1. The Kier molecular flexibility index (Phi) is 5.64. The van der Waals surface area contributed by atoms with Crippen LogP contribution in [-0.2, 0) is 16.6 Å². The third-order valence-corrected chi connectivity index (χ3v) is 5.11. The summed E-state index contributed by atoms with van der Waals surface area (Å²) in [6, 6.07) is 0. The molecule has 0 spiro atoms. The van der Waals surface area contributed by atoms with E-state index in [9.17, 15) is 17.2 Å². The summed E-state index contributed by atoms with van der Waals surface area (Å²) in [5.41, 5.74) is 0.578. The SMILES string of the molecule is CCNCc1scc(C)c1S(=O)(=O)NCC(F)F. The molecule has 1 aromatic heterocycles. The van der Waals surface area contributed by atoms with E-state index < -0.39 is 23.0 Å². The molecule has 2 N–H and O–H groups in total. The Morgan fingerprint density at radius 2 is 2.11 bits per heavy atom. The van der Waals surface area contributed by atoms with Gasteiger partial charge in [-0.3, -0.25) is 0 Å². The minimum absolute atomic E-state index is 0.120. The van der Waals surface area contributed by atoms with Gasteiger partial charge in [0.1, 0.15) is 4.90 Å². The molecule has 0 fully saturated rings. The van der Waals surface area contributed by atoms with Crippen LogP contribution in [0.1, 0.15) is 17.4 Å². The highest BCUT2D eigenvalue weighted by Crippen LogP contribution is 2.26. The molecule has 4 nitrogen and oxygen atoms in total. The second-order valence-corrected chi connectivity index (χ2v) is 6.36. The maximum absolute atomic E-state index is 12.1. The molecule has 0 atom stereocenters. The number of rotatable bonds is 7. The van der Waals surface area contributed by atoms with Crippen LogP contribution in [0.25, 0.3) is 0 Å². The van der Waals surface area contributed by atoms with E-state index in [1.165, 1.54) is 11.3 Å². The molecule has 18 heavy (non-hydrogen) atoms. The number of halogens is 2. The summed E-state index contributed by atoms with van der Waals surface area (Å²) < 4.78 is 49.9. The summed E-state index contributed by atoms with van der Waals surface area (Å²) in [5.74, 6) is 0. The summed E-state index contributed by atoms with van der Waals surface area (Å²) >= 11 is 1.31. The molecule has 0 bridgehead atoms. The number of nitrogens with one attached hydrogen (secondary N) is 2. The largest absolute Gasteiger partial charge is 0.312 e. The van der Waals surface area contributed by atoms with Crippen LogP contribution in [0.4, 0.5) is 8.78 Å². The first kappa shape index (κ1) is 15.5. The normalized spacial score (nSPS) is 12.3. The fourth-order valence-corrected chi connectivity index (χ4v) is 4.24. The molecule has 0 saturated heterocycles. The molecular formula is C10H16F2N2O2S2. The number of thiophene rings is 1. The summed E-state index contributed by atoms with van der Waals surface area (Å²) in [6.07, 6.45) is -2.70. The van der Waals surface area contributed by atoms with Crippen molar-refractivity contribution in [2.45, 2.75) is 31.7 Å². The lowest BCUT2D eigenvalue weighted by atomic mass is 10.3. The van der Waals surface area contributed by atoms with E-state index in [0.717, 1.165) is 0 Å². The third-order valence-electron chi connectivity index (χ3n) is 2.22. The van der Waals surface area contributed by atoms with Crippen molar-refractivity contribution in [3.8, 4) is 0 Å². The first-order valence-electron chi connectivity index (χ1n) is 5.44. The van der Waals surface area contributed by atoms with E-state index >= 15 is 0 Å². The van der Waals surface area contributed by atoms with E-state index in [1.807, 2.05) is 11.6 Å². The summed E-state index contributed by atoms with van der Waals surface area (Å²) in [7, 11) is -3.86. The molecular weight excluding hydrogens is 282 g/mol. The van der Waals surface area contributed by atoms with Crippen LogP contribution in [-0.4, -0.2) is 27.9 Å². The van der Waals surface area contributed by atoms with Gasteiger partial charge in [-0.1, -0.05) is 6.92 Å². The first-order chi connectivity index (χ1) is 8.38. The molecule has 1 heterocycles. The lowest BCUT2D eigenvalue weighted by Gasteiger charge is -2.09. The van der Waals surface area contributed by atoms with Gasteiger partial charge in [0.05, 0.1) is 6.54 Å². The van der Waals surface area contributed by atoms with Crippen molar-refractivity contribution in [1.82, 2.24) is 10.0 Å². The molecule has 0 radical (unpaired) electrons. The van der Waals surface area contributed by atoms with Gasteiger partial charge in [0.2, 0.25) is 10.0 Å². The predicted molar refractivity (Wildman–Crippen MR) is 67.6 cm³/mol. The van der Waals surface area contributed by atoms with Crippen molar-refractivity contribution >= 4 is 21.4 Å². The summed E-state index contributed by atoms with van der Waals surface area (Å²) in [5, 5.41) is 4.74. The van der Waals surface area contributed by atoms with Crippen LogP contribution in [0, 0.1) is 6.92 Å². The molecule has 0 unspecified atom stereocenters. The molecule has 0 aromatic carbocycles. The second kappa shape index (κ2) is 6.55. The van der Waals surface area contributed by atoms with Gasteiger partial charge in [0, 0.05) is 11.4 Å². The molecule has 8 heteroatoms. The Balaban J connectivity index is 2.96. The topological polar surface area (TPSA) is 58.2 Å². The lowest BCUT2D eigenvalue weighted by molar-refractivity contribution is 0.153. The van der Waals surface area contributed by atoms with Gasteiger partial charge >= 0.3 is 0 Å². The maximum Gasteiger partial charge on any atom is 0.251 e. The highest BCUT2D eigenvalue weighted by atomic mass is 32.2. The van der Waals surface area contributed by atoms with Crippen molar-refractivity contribution < 1.29 is 17.2 Å². The molecule has 1 aromatic rings. The van der Waals surface area contributed by atoms with Gasteiger partial charge < -0.3 is 5.32 Å². The number of sulfonamides is 1. The Morgan fingerprint density at radius 1 is 1.44 bits per heavy atom. The van der Waals surface area contributed by atoms with Crippen LogP contribution in [0.5, 0.6) is 0 Å². The van der Waals surface area contributed by atoms with Gasteiger partial charge in [0.25, 0.3) is 6.43 Å². The molecule has 0 aliphatic carbocycles. The van der Waals surface area contributed by atoms with E-state index in [1.54, 1.807) is 12.3 Å². The van der Waals surface area contributed by atoms with Gasteiger partial charge in [-0.25, -0.2) is 21.9 Å². The average Bonchev–Trinajstić information content (AvgIpc) is 2.66. The van der Waals surface area contributed by atoms with Crippen LogP contribution in [0.15, 0.2) is 10.3 Å². The van der Waals surface area contributed by atoms with Crippen molar-refractivity contribution in [1.29, 1.82) is 0 Å².